The molecule has 0 aliphatic carbocycles. The zero-order valence-corrected chi connectivity index (χ0v) is 13.0. The molecular formula is C19H14FN3O. The number of hydrogen-bond donors (Lipinski definition) is 0. The van der Waals surface area contributed by atoms with Gasteiger partial charge in [0.25, 0.3) is 5.56 Å². The lowest BCUT2D eigenvalue weighted by atomic mass is 10.1. The van der Waals surface area contributed by atoms with E-state index < -0.39 is 0 Å². The quantitative estimate of drug-likeness (QED) is 0.566. The fourth-order valence-electron chi connectivity index (χ4n) is 2.67. The van der Waals surface area contributed by atoms with Crippen LogP contribution in [0.3, 0.4) is 0 Å². The summed E-state index contributed by atoms with van der Waals surface area (Å²) in [5.41, 5.74) is 3.32. The number of nitrogens with zero attached hydrogens (tertiary/aromatic N) is 3. The van der Waals surface area contributed by atoms with E-state index in [1.54, 1.807) is 28.9 Å². The lowest BCUT2D eigenvalue weighted by Crippen LogP contribution is -2.20. The van der Waals surface area contributed by atoms with Gasteiger partial charge in [-0.2, -0.15) is 0 Å². The fourth-order valence-corrected chi connectivity index (χ4v) is 2.67. The lowest BCUT2D eigenvalue weighted by Gasteiger charge is -2.05. The monoisotopic (exact) mass is 319 g/mol. The number of hydrogen-bond acceptors (Lipinski definition) is 2. The van der Waals surface area contributed by atoms with Gasteiger partial charge < -0.3 is 4.40 Å². The molecule has 0 aliphatic rings. The highest BCUT2D eigenvalue weighted by atomic mass is 19.1. The SMILES string of the molecule is Cc1ccc(-c2cn3ccn(-c4cccc(F)c4)c(=O)c3n2)cc1. The van der Waals surface area contributed by atoms with Crippen LogP contribution in [0.25, 0.3) is 22.6 Å². The standard InChI is InChI=1S/C19H14FN3O/c1-13-5-7-14(8-6-13)17-12-22-9-10-23(19(24)18(22)21-17)16-4-2-3-15(20)11-16/h2-12H,1H3. The van der Waals surface area contributed by atoms with Crippen molar-refractivity contribution in [3.05, 3.63) is 88.9 Å². The van der Waals surface area contributed by atoms with Crippen molar-refractivity contribution in [3.8, 4) is 16.9 Å². The molecule has 0 aliphatic heterocycles. The molecule has 0 atom stereocenters. The van der Waals surface area contributed by atoms with Gasteiger partial charge in [0.05, 0.1) is 11.4 Å². The summed E-state index contributed by atoms with van der Waals surface area (Å²) in [6, 6.07) is 13.9. The van der Waals surface area contributed by atoms with Crippen LogP contribution in [0.5, 0.6) is 0 Å². The Balaban J connectivity index is 1.88. The van der Waals surface area contributed by atoms with Crippen LogP contribution < -0.4 is 5.56 Å². The van der Waals surface area contributed by atoms with E-state index in [9.17, 15) is 9.18 Å². The van der Waals surface area contributed by atoms with Crippen molar-refractivity contribution in [3.63, 3.8) is 0 Å². The van der Waals surface area contributed by atoms with Crippen LogP contribution in [0.15, 0.2) is 71.9 Å². The number of aromatic nitrogens is 3. The molecule has 4 aromatic rings. The molecule has 0 saturated heterocycles. The Morgan fingerprint density at radius 2 is 1.83 bits per heavy atom. The van der Waals surface area contributed by atoms with Gasteiger partial charge in [-0.3, -0.25) is 9.36 Å². The molecule has 4 nitrogen and oxygen atoms in total. The number of fused-ring (bicyclic) bond motifs is 1. The van der Waals surface area contributed by atoms with Crippen molar-refractivity contribution in [1.29, 1.82) is 0 Å². The lowest BCUT2D eigenvalue weighted by molar-refractivity contribution is 0.626. The van der Waals surface area contributed by atoms with Gasteiger partial charge in [0.1, 0.15) is 5.82 Å². The van der Waals surface area contributed by atoms with E-state index >= 15 is 0 Å². The van der Waals surface area contributed by atoms with Gasteiger partial charge >= 0.3 is 0 Å². The van der Waals surface area contributed by atoms with Crippen LogP contribution in [0.4, 0.5) is 4.39 Å². The molecule has 0 amide bonds. The number of aryl methyl sites for hydroxylation is 1. The molecule has 2 aromatic heterocycles. The third-order valence-corrected chi connectivity index (χ3v) is 3.95. The Hall–Kier alpha value is -3.21. The second kappa shape index (κ2) is 5.45. The minimum absolute atomic E-state index is 0.290. The highest BCUT2D eigenvalue weighted by Gasteiger charge is 2.10. The topological polar surface area (TPSA) is 39.3 Å². The van der Waals surface area contributed by atoms with Crippen LogP contribution in [0, 0.1) is 12.7 Å². The average molecular weight is 319 g/mol. The maximum Gasteiger partial charge on any atom is 0.298 e. The van der Waals surface area contributed by atoms with Crippen LogP contribution in [-0.4, -0.2) is 14.0 Å². The van der Waals surface area contributed by atoms with Gasteiger partial charge in [-0.05, 0) is 25.1 Å². The highest BCUT2D eigenvalue weighted by Crippen LogP contribution is 2.19. The molecule has 0 bridgehead atoms. The van der Waals surface area contributed by atoms with Crippen molar-refractivity contribution in [2.24, 2.45) is 0 Å². The van der Waals surface area contributed by atoms with Crippen molar-refractivity contribution < 1.29 is 4.39 Å². The number of halogens is 1. The summed E-state index contributed by atoms with van der Waals surface area (Å²) < 4.78 is 16.5. The van der Waals surface area contributed by atoms with Crippen molar-refractivity contribution >= 4 is 5.65 Å². The zero-order chi connectivity index (χ0) is 16.7. The maximum absolute atomic E-state index is 13.4. The summed E-state index contributed by atoms with van der Waals surface area (Å²) in [5.74, 6) is -0.386. The van der Waals surface area contributed by atoms with Crippen LogP contribution in [-0.2, 0) is 0 Å². The van der Waals surface area contributed by atoms with E-state index in [4.69, 9.17) is 0 Å². The molecule has 2 heterocycles. The molecule has 0 saturated carbocycles. The second-order valence-electron chi connectivity index (χ2n) is 5.68. The second-order valence-corrected chi connectivity index (χ2v) is 5.68. The minimum atomic E-state index is -0.386. The first-order valence-electron chi connectivity index (χ1n) is 7.55. The van der Waals surface area contributed by atoms with E-state index in [-0.39, 0.29) is 11.4 Å². The largest absolute Gasteiger partial charge is 0.300 e. The third-order valence-electron chi connectivity index (χ3n) is 3.95. The normalized spacial score (nSPS) is 11.1. The molecule has 5 heteroatoms. The molecular weight excluding hydrogens is 305 g/mol. The average Bonchev–Trinajstić information content (AvgIpc) is 3.01. The van der Waals surface area contributed by atoms with Crippen molar-refractivity contribution in [1.82, 2.24) is 14.0 Å². The summed E-state index contributed by atoms with van der Waals surface area (Å²) >= 11 is 0. The molecule has 2 aromatic carbocycles. The van der Waals surface area contributed by atoms with Gasteiger partial charge in [0.2, 0.25) is 5.65 Å². The van der Waals surface area contributed by atoms with E-state index in [1.807, 2.05) is 37.4 Å². The molecule has 0 unspecified atom stereocenters. The number of imidazole rings is 1. The van der Waals surface area contributed by atoms with Gasteiger partial charge in [0, 0.05) is 24.2 Å². The fraction of sp³-hybridized carbons (Fsp3) is 0.0526. The van der Waals surface area contributed by atoms with E-state index in [1.165, 1.54) is 16.7 Å². The Kier molecular flexibility index (Phi) is 3.27. The first-order chi connectivity index (χ1) is 11.6. The van der Waals surface area contributed by atoms with Crippen LogP contribution >= 0.6 is 0 Å². The van der Waals surface area contributed by atoms with Crippen LogP contribution in [0.1, 0.15) is 5.56 Å². The molecule has 118 valence electrons. The van der Waals surface area contributed by atoms with Gasteiger partial charge in [-0.15, -0.1) is 0 Å². The van der Waals surface area contributed by atoms with Gasteiger partial charge in [-0.1, -0.05) is 35.9 Å². The Labute approximate surface area is 137 Å². The zero-order valence-electron chi connectivity index (χ0n) is 13.0. The molecule has 0 fully saturated rings. The smallest absolute Gasteiger partial charge is 0.298 e. The van der Waals surface area contributed by atoms with E-state index in [0.717, 1.165) is 16.8 Å². The Bertz CT molecular complexity index is 1090. The summed E-state index contributed by atoms with van der Waals surface area (Å²) in [6.07, 6.45) is 5.17. The highest BCUT2D eigenvalue weighted by molar-refractivity contribution is 5.62. The molecule has 0 radical (unpaired) electrons. The van der Waals surface area contributed by atoms with E-state index in [0.29, 0.717) is 11.3 Å². The Morgan fingerprint density at radius 1 is 1.04 bits per heavy atom. The predicted molar refractivity (Wildman–Crippen MR) is 90.9 cm³/mol. The van der Waals surface area contributed by atoms with Crippen molar-refractivity contribution in [2.75, 3.05) is 0 Å². The molecule has 0 spiro atoms. The molecule has 24 heavy (non-hydrogen) atoms. The maximum atomic E-state index is 13.4. The van der Waals surface area contributed by atoms with Crippen molar-refractivity contribution in [2.45, 2.75) is 6.92 Å². The summed E-state index contributed by atoms with van der Waals surface area (Å²) in [5, 5.41) is 0. The summed E-state index contributed by atoms with van der Waals surface area (Å²) in [6.45, 7) is 2.02. The van der Waals surface area contributed by atoms with Crippen LogP contribution in [0.2, 0.25) is 0 Å². The Morgan fingerprint density at radius 3 is 2.58 bits per heavy atom. The van der Waals surface area contributed by atoms with E-state index in [2.05, 4.69) is 4.98 Å². The predicted octanol–water partition coefficient (Wildman–Crippen LogP) is 3.60. The first kappa shape index (κ1) is 14.4. The third kappa shape index (κ3) is 2.40. The number of rotatable bonds is 2. The molecule has 4 rings (SSSR count). The minimum Gasteiger partial charge on any atom is -0.300 e. The first-order valence-corrected chi connectivity index (χ1v) is 7.55. The van der Waals surface area contributed by atoms with Gasteiger partial charge in [0.15, 0.2) is 0 Å². The molecule has 0 N–H and O–H groups in total. The summed E-state index contributed by atoms with van der Waals surface area (Å²) in [7, 11) is 0. The van der Waals surface area contributed by atoms with Gasteiger partial charge in [-0.25, -0.2) is 9.37 Å². The number of benzene rings is 2. The summed E-state index contributed by atoms with van der Waals surface area (Å²) in [4.78, 5) is 17.2.